The van der Waals surface area contributed by atoms with Gasteiger partial charge in [0, 0.05) is 17.1 Å². The molecule has 35 heavy (non-hydrogen) atoms. The summed E-state index contributed by atoms with van der Waals surface area (Å²) in [6.45, 7) is 1.31. The highest BCUT2D eigenvalue weighted by Gasteiger charge is 2.62. The Morgan fingerprint density at radius 1 is 1.06 bits per heavy atom. The Labute approximate surface area is 208 Å². The minimum Gasteiger partial charge on any atom is -0.454 e. The lowest BCUT2D eigenvalue weighted by molar-refractivity contribution is -0.160. The third-order valence-corrected chi connectivity index (χ3v) is 8.03. The van der Waals surface area contributed by atoms with Gasteiger partial charge in [-0.3, -0.25) is 19.3 Å². The van der Waals surface area contributed by atoms with E-state index in [2.05, 4.69) is 5.32 Å². The van der Waals surface area contributed by atoms with Gasteiger partial charge in [0.25, 0.3) is 5.91 Å². The second-order valence-corrected chi connectivity index (χ2v) is 10.2. The largest absolute Gasteiger partial charge is 0.454 e. The molecule has 0 aromatic heterocycles. The van der Waals surface area contributed by atoms with Crippen LogP contribution >= 0.6 is 11.6 Å². The number of amides is 3. The molecule has 2 saturated carbocycles. The zero-order valence-corrected chi connectivity index (χ0v) is 20.2. The van der Waals surface area contributed by atoms with E-state index in [1.807, 2.05) is 37.3 Å². The molecule has 1 heterocycles. The summed E-state index contributed by atoms with van der Waals surface area (Å²) in [5, 5.41) is 3.15. The van der Waals surface area contributed by atoms with Gasteiger partial charge in [-0.25, -0.2) is 4.79 Å². The Kier molecular flexibility index (Phi) is 6.36. The van der Waals surface area contributed by atoms with Crippen molar-refractivity contribution in [3.63, 3.8) is 0 Å². The molecule has 1 N–H and O–H groups in total. The Morgan fingerprint density at radius 2 is 1.71 bits per heavy atom. The molecular formula is C27H27ClN2O5. The van der Waals surface area contributed by atoms with Gasteiger partial charge in [-0.2, -0.15) is 0 Å². The minimum absolute atomic E-state index is 0.140. The van der Waals surface area contributed by atoms with Gasteiger partial charge in [0.05, 0.1) is 11.8 Å². The number of benzene rings is 2. The van der Waals surface area contributed by atoms with Crippen LogP contribution in [0.1, 0.15) is 30.4 Å². The number of aryl methyl sites for hydroxylation is 1. The average Bonchev–Trinajstić information content (AvgIpc) is 3.53. The molecular weight excluding hydrogens is 468 g/mol. The second-order valence-electron chi connectivity index (χ2n) is 9.76. The van der Waals surface area contributed by atoms with Crippen LogP contribution in [-0.2, 0) is 30.3 Å². The summed E-state index contributed by atoms with van der Waals surface area (Å²) in [4.78, 5) is 53.5. The van der Waals surface area contributed by atoms with Crippen molar-refractivity contribution in [3.8, 4) is 0 Å². The molecule has 1 aliphatic heterocycles. The number of nitrogens with one attached hydrogen (secondary N) is 1. The zero-order chi connectivity index (χ0) is 24.7. The van der Waals surface area contributed by atoms with E-state index in [0.717, 1.165) is 35.3 Å². The van der Waals surface area contributed by atoms with Crippen molar-refractivity contribution in [2.75, 3.05) is 11.9 Å². The monoisotopic (exact) mass is 494 g/mol. The Morgan fingerprint density at radius 3 is 2.34 bits per heavy atom. The zero-order valence-electron chi connectivity index (χ0n) is 19.4. The van der Waals surface area contributed by atoms with Crippen LogP contribution in [0.25, 0.3) is 0 Å². The molecule has 8 heteroatoms. The number of anilines is 1. The fraction of sp³-hybridized carbons (Fsp3) is 0.407. The smallest absolute Gasteiger partial charge is 0.330 e. The van der Waals surface area contributed by atoms with Crippen LogP contribution in [0, 0.1) is 30.6 Å². The highest BCUT2D eigenvalue weighted by molar-refractivity contribution is 6.31. The molecule has 0 radical (unpaired) electrons. The number of rotatable bonds is 7. The lowest BCUT2D eigenvalue weighted by Crippen LogP contribution is -2.48. The first-order chi connectivity index (χ1) is 16.8. The van der Waals surface area contributed by atoms with Crippen LogP contribution in [-0.4, -0.2) is 41.2 Å². The molecule has 5 atom stereocenters. The van der Waals surface area contributed by atoms with Crippen molar-refractivity contribution in [2.24, 2.45) is 23.7 Å². The number of hydrogen-bond donors (Lipinski definition) is 1. The molecule has 2 aliphatic carbocycles. The third-order valence-electron chi connectivity index (χ3n) is 7.62. The van der Waals surface area contributed by atoms with Gasteiger partial charge in [0.1, 0.15) is 6.04 Å². The van der Waals surface area contributed by atoms with E-state index in [9.17, 15) is 19.2 Å². The lowest BCUT2D eigenvalue weighted by atomic mass is 9.81. The molecule has 5 rings (SSSR count). The first kappa shape index (κ1) is 23.5. The van der Waals surface area contributed by atoms with Gasteiger partial charge in [0.15, 0.2) is 6.61 Å². The quantitative estimate of drug-likeness (QED) is 0.467. The standard InChI is InChI=1S/C27H27ClN2O5/c1-15-7-10-19(13-20(15)28)29-22(31)14-35-27(34)21(11-16-5-3-2-4-6-16)30-25(32)23-17-8-9-18(12-17)24(23)26(30)33/h2-7,10,13,17-18,21,23-24H,8-9,11-12,14H2,1H3,(H,29,31)/t17-,18-,21-,23-,24+/m0/s1. The second kappa shape index (κ2) is 9.46. The molecule has 182 valence electrons. The van der Waals surface area contributed by atoms with Gasteiger partial charge in [0.2, 0.25) is 11.8 Å². The molecule has 7 nitrogen and oxygen atoms in total. The van der Waals surface area contributed by atoms with Gasteiger partial charge >= 0.3 is 5.97 Å². The maximum absolute atomic E-state index is 13.4. The summed E-state index contributed by atoms with van der Waals surface area (Å²) < 4.78 is 5.33. The van der Waals surface area contributed by atoms with Gasteiger partial charge in [-0.05, 0) is 61.3 Å². The van der Waals surface area contributed by atoms with Crippen molar-refractivity contribution < 1.29 is 23.9 Å². The molecule has 3 aliphatic rings. The van der Waals surface area contributed by atoms with Crippen LogP contribution in [0.4, 0.5) is 5.69 Å². The molecule has 3 fully saturated rings. The summed E-state index contributed by atoms with van der Waals surface area (Å²) in [5.74, 6) is -2.08. The predicted molar refractivity (Wildman–Crippen MR) is 129 cm³/mol. The number of halogens is 1. The number of carbonyl (C=O) groups is 4. The molecule has 2 aromatic rings. The van der Waals surface area contributed by atoms with Crippen LogP contribution in [0.2, 0.25) is 5.02 Å². The SMILES string of the molecule is Cc1ccc(NC(=O)COC(=O)[C@H](Cc2ccccc2)N2C(=O)[C@@H]3[C@H]4CC[C@@H](C4)[C@@H]3C2=O)cc1Cl. The number of esters is 1. The van der Waals surface area contributed by atoms with E-state index in [4.69, 9.17) is 16.3 Å². The normalized spacial score (nSPS) is 25.5. The van der Waals surface area contributed by atoms with Crippen molar-refractivity contribution in [2.45, 2.75) is 38.6 Å². The maximum atomic E-state index is 13.4. The summed E-state index contributed by atoms with van der Waals surface area (Å²) in [6.07, 6.45) is 2.96. The first-order valence-electron chi connectivity index (χ1n) is 12.0. The molecule has 0 unspecified atom stereocenters. The average molecular weight is 495 g/mol. The summed E-state index contributed by atoms with van der Waals surface area (Å²) in [6, 6.07) is 13.2. The Bertz CT molecular complexity index is 1160. The number of carbonyl (C=O) groups excluding carboxylic acids is 4. The summed E-state index contributed by atoms with van der Waals surface area (Å²) in [7, 11) is 0. The Hall–Kier alpha value is -3.19. The topological polar surface area (TPSA) is 92.8 Å². The van der Waals surface area contributed by atoms with Crippen molar-refractivity contribution in [3.05, 3.63) is 64.7 Å². The molecule has 0 spiro atoms. The number of ether oxygens (including phenoxy) is 1. The van der Waals surface area contributed by atoms with Gasteiger partial charge in [-0.1, -0.05) is 48.0 Å². The van der Waals surface area contributed by atoms with Crippen LogP contribution in [0.15, 0.2) is 48.5 Å². The number of nitrogens with zero attached hydrogens (tertiary/aromatic N) is 1. The van der Waals surface area contributed by atoms with Crippen LogP contribution in [0.5, 0.6) is 0 Å². The van der Waals surface area contributed by atoms with Crippen LogP contribution < -0.4 is 5.32 Å². The van der Waals surface area contributed by atoms with Gasteiger partial charge < -0.3 is 10.1 Å². The maximum Gasteiger partial charge on any atom is 0.330 e. The number of imide groups is 1. The number of likely N-dealkylation sites (tertiary alicyclic amines) is 1. The van der Waals surface area contributed by atoms with Gasteiger partial charge in [-0.15, -0.1) is 0 Å². The van der Waals surface area contributed by atoms with E-state index in [1.54, 1.807) is 18.2 Å². The fourth-order valence-electron chi connectivity index (χ4n) is 5.96. The van der Waals surface area contributed by atoms with E-state index in [0.29, 0.717) is 10.7 Å². The lowest BCUT2D eigenvalue weighted by Gasteiger charge is -2.26. The summed E-state index contributed by atoms with van der Waals surface area (Å²) in [5.41, 5.74) is 2.16. The minimum atomic E-state index is -1.11. The highest BCUT2D eigenvalue weighted by Crippen LogP contribution is 2.56. The van der Waals surface area contributed by atoms with E-state index in [-0.39, 0.29) is 41.9 Å². The van der Waals surface area contributed by atoms with E-state index < -0.39 is 24.5 Å². The Balaban J connectivity index is 1.31. The molecule has 1 saturated heterocycles. The van der Waals surface area contributed by atoms with Crippen molar-refractivity contribution in [1.29, 1.82) is 0 Å². The molecule has 3 amide bonds. The molecule has 2 aromatic carbocycles. The van der Waals surface area contributed by atoms with Crippen molar-refractivity contribution >= 4 is 41.0 Å². The number of fused-ring (bicyclic) bond motifs is 5. The number of hydrogen-bond acceptors (Lipinski definition) is 5. The van der Waals surface area contributed by atoms with Crippen molar-refractivity contribution in [1.82, 2.24) is 4.90 Å². The highest BCUT2D eigenvalue weighted by atomic mass is 35.5. The van der Waals surface area contributed by atoms with E-state index in [1.165, 1.54) is 0 Å². The third kappa shape index (κ3) is 4.45. The molecule has 2 bridgehead atoms. The predicted octanol–water partition coefficient (Wildman–Crippen LogP) is 3.77. The first-order valence-corrected chi connectivity index (χ1v) is 12.3. The fourth-order valence-corrected chi connectivity index (χ4v) is 6.14. The van der Waals surface area contributed by atoms with E-state index >= 15 is 0 Å². The van der Waals surface area contributed by atoms with Crippen LogP contribution in [0.3, 0.4) is 0 Å². The summed E-state index contributed by atoms with van der Waals surface area (Å²) >= 11 is 6.10.